The lowest BCUT2D eigenvalue weighted by Crippen LogP contribution is -2.37. The smallest absolute Gasteiger partial charge is 0.302 e. The largest absolute Gasteiger partial charge is 0.461 e. The van der Waals surface area contributed by atoms with E-state index in [0.29, 0.717) is 30.6 Å². The third-order valence-electron chi connectivity index (χ3n) is 11.3. The molecule has 0 unspecified atom stereocenters. The molecule has 4 fully saturated rings. The number of aliphatic hydroxyl groups is 2. The fraction of sp³-hybridized carbons (Fsp3) is 0.722. The number of unbranched alkanes of at least 4 members (excludes halogenated alkanes) is 1. The Morgan fingerprint density at radius 2 is 2.02 bits per heavy atom. The Balaban J connectivity index is 1.26. The van der Waals surface area contributed by atoms with Gasteiger partial charge in [-0.25, -0.2) is 4.98 Å². The number of aromatic nitrogens is 1. The number of aryl methyl sites for hydroxylation is 1. The van der Waals surface area contributed by atoms with Crippen molar-refractivity contribution in [3.8, 4) is 0 Å². The molecule has 42 heavy (non-hydrogen) atoms. The summed E-state index contributed by atoms with van der Waals surface area (Å²) < 4.78 is 12.2. The van der Waals surface area contributed by atoms with E-state index in [-0.39, 0.29) is 22.9 Å². The average Bonchev–Trinajstić information content (AvgIpc) is 3.46. The molecule has 4 saturated carbocycles. The van der Waals surface area contributed by atoms with Crippen molar-refractivity contribution in [1.82, 2.24) is 4.98 Å². The third kappa shape index (κ3) is 6.36. The topological polar surface area (TPSA) is 92.8 Å². The number of fused-ring (bicyclic) bond motifs is 1. The summed E-state index contributed by atoms with van der Waals surface area (Å²) >= 11 is 0. The van der Waals surface area contributed by atoms with Crippen LogP contribution in [0, 0.1) is 23.2 Å². The molecule has 0 spiro atoms. The molecule has 0 saturated heterocycles. The molecule has 1 aromatic heterocycles. The highest BCUT2D eigenvalue weighted by Gasteiger charge is 2.57. The van der Waals surface area contributed by atoms with Gasteiger partial charge in [-0.1, -0.05) is 51.5 Å². The number of carbonyl (C=O) groups excluding carboxylic acids is 1. The summed E-state index contributed by atoms with van der Waals surface area (Å²) in [5.74, 6) is 3.20. The van der Waals surface area contributed by atoms with Gasteiger partial charge in [0.15, 0.2) is 0 Å². The van der Waals surface area contributed by atoms with E-state index in [2.05, 4.69) is 44.5 Å². The fourth-order valence-corrected chi connectivity index (χ4v) is 8.76. The number of aliphatic hydroxyl groups excluding tert-OH is 2. The van der Waals surface area contributed by atoms with E-state index in [1.807, 2.05) is 6.20 Å². The van der Waals surface area contributed by atoms with Gasteiger partial charge in [-0.2, -0.15) is 0 Å². The summed E-state index contributed by atoms with van der Waals surface area (Å²) in [6, 6.07) is 0. The molecule has 1 aromatic rings. The van der Waals surface area contributed by atoms with E-state index in [4.69, 9.17) is 9.15 Å². The van der Waals surface area contributed by atoms with Gasteiger partial charge in [-0.15, -0.1) is 0 Å². The Labute approximate surface area is 252 Å². The van der Waals surface area contributed by atoms with Gasteiger partial charge in [0.2, 0.25) is 5.89 Å². The monoisotopic (exact) mass is 579 g/mol. The number of hydrogen-bond acceptors (Lipinski definition) is 6. The Morgan fingerprint density at radius 1 is 1.24 bits per heavy atom. The molecule has 2 N–H and O–H groups in total. The standard InChI is InChI=1S/C36H53NO5/c1-6-7-10-29-22-37-34(42-29)36(18-19-36)33(41-25(4)38)16-11-23(2)30-14-15-31-26(9-8-17-35(30,31)5)12-13-27-20-28(39)21-32(40)24(27)3/h12-13,22-23,28,30-33,39-40H,3,6-11,14-21H2,1-2,4-5H3/b26-12+,27-13-/t23-,28-,30-,31+,32+,33+,35-/m1/s1. The zero-order valence-electron chi connectivity index (χ0n) is 26.4. The lowest BCUT2D eigenvalue weighted by molar-refractivity contribution is -0.149. The number of allylic oxidation sites excluding steroid dienone is 3. The Hall–Kier alpha value is -2.18. The summed E-state index contributed by atoms with van der Waals surface area (Å²) in [7, 11) is 0. The van der Waals surface area contributed by atoms with Crippen LogP contribution in [0.25, 0.3) is 0 Å². The molecule has 4 aliphatic carbocycles. The van der Waals surface area contributed by atoms with Crippen LogP contribution in [0.2, 0.25) is 0 Å². The second-order valence-corrected chi connectivity index (χ2v) is 14.2. The molecule has 232 valence electrons. The SMILES string of the molecule is C=C1/C(=C\C=C2/CCC[C@]3(C)[C@@H]([C@H](C)CC[C@H](OC(C)=O)C4(c5ncc(CCCC)o5)CC4)CC[C@@H]23)C[C@@H](O)C[C@@H]1O. The molecular formula is C36H53NO5. The maximum absolute atomic E-state index is 12.2. The molecule has 0 radical (unpaired) electrons. The van der Waals surface area contributed by atoms with Gasteiger partial charge in [-0.3, -0.25) is 4.79 Å². The molecule has 0 amide bonds. The normalized spacial score (nSPS) is 33.9. The first kappa shape index (κ1) is 31.3. The first-order valence-electron chi connectivity index (χ1n) is 16.6. The Bertz CT molecular complexity index is 1190. The first-order chi connectivity index (χ1) is 20.1. The lowest BCUT2D eigenvalue weighted by Gasteiger charge is -2.44. The van der Waals surface area contributed by atoms with Crippen LogP contribution in [0.1, 0.15) is 123 Å². The quantitative estimate of drug-likeness (QED) is 0.263. The van der Waals surface area contributed by atoms with Gasteiger partial charge in [0, 0.05) is 19.8 Å². The predicted octanol–water partition coefficient (Wildman–Crippen LogP) is 7.54. The van der Waals surface area contributed by atoms with Crippen molar-refractivity contribution in [3.63, 3.8) is 0 Å². The number of carbonyl (C=O) groups is 1. The second kappa shape index (κ2) is 12.8. The van der Waals surface area contributed by atoms with Crippen LogP contribution >= 0.6 is 0 Å². The molecule has 6 nitrogen and oxygen atoms in total. The number of esters is 1. The maximum Gasteiger partial charge on any atom is 0.302 e. The van der Waals surface area contributed by atoms with Gasteiger partial charge in [0.1, 0.15) is 11.9 Å². The van der Waals surface area contributed by atoms with Gasteiger partial charge in [-0.05, 0) is 105 Å². The molecule has 0 aliphatic heterocycles. The highest BCUT2D eigenvalue weighted by Crippen LogP contribution is 2.60. The van der Waals surface area contributed by atoms with E-state index in [1.54, 1.807) is 0 Å². The average molecular weight is 580 g/mol. The van der Waals surface area contributed by atoms with Gasteiger partial charge in [0.05, 0.1) is 23.8 Å². The zero-order chi connectivity index (χ0) is 30.1. The van der Waals surface area contributed by atoms with E-state index in [9.17, 15) is 15.0 Å². The second-order valence-electron chi connectivity index (χ2n) is 14.2. The van der Waals surface area contributed by atoms with Crippen molar-refractivity contribution in [3.05, 3.63) is 53.3 Å². The van der Waals surface area contributed by atoms with E-state index in [0.717, 1.165) is 74.2 Å². The Morgan fingerprint density at radius 3 is 2.74 bits per heavy atom. The highest BCUT2D eigenvalue weighted by molar-refractivity contribution is 5.66. The van der Waals surface area contributed by atoms with E-state index < -0.39 is 12.2 Å². The summed E-state index contributed by atoms with van der Waals surface area (Å²) in [6.07, 6.45) is 18.8. The van der Waals surface area contributed by atoms with Crippen LogP contribution in [0.15, 0.2) is 46.1 Å². The van der Waals surface area contributed by atoms with E-state index in [1.165, 1.54) is 38.2 Å². The minimum atomic E-state index is -0.649. The molecule has 4 aliphatic rings. The first-order valence-corrected chi connectivity index (χ1v) is 16.6. The third-order valence-corrected chi connectivity index (χ3v) is 11.3. The van der Waals surface area contributed by atoms with Crippen molar-refractivity contribution in [2.45, 2.75) is 141 Å². The molecule has 0 bridgehead atoms. The van der Waals surface area contributed by atoms with Crippen LogP contribution in [0.3, 0.4) is 0 Å². The molecule has 0 aromatic carbocycles. The summed E-state index contributed by atoms with van der Waals surface area (Å²) in [5.41, 5.74) is 3.25. The van der Waals surface area contributed by atoms with Gasteiger partial charge >= 0.3 is 5.97 Å². The number of hydrogen-bond donors (Lipinski definition) is 2. The Kier molecular flexibility index (Phi) is 9.54. The predicted molar refractivity (Wildman–Crippen MR) is 165 cm³/mol. The van der Waals surface area contributed by atoms with Crippen molar-refractivity contribution >= 4 is 5.97 Å². The lowest BCUT2D eigenvalue weighted by atomic mass is 9.60. The van der Waals surface area contributed by atoms with Crippen LogP contribution in [0.5, 0.6) is 0 Å². The summed E-state index contributed by atoms with van der Waals surface area (Å²) in [5, 5.41) is 20.5. The molecule has 1 heterocycles. The maximum atomic E-state index is 12.2. The molecule has 6 heteroatoms. The summed E-state index contributed by atoms with van der Waals surface area (Å²) in [6.45, 7) is 12.7. The van der Waals surface area contributed by atoms with Crippen molar-refractivity contribution in [2.75, 3.05) is 0 Å². The van der Waals surface area contributed by atoms with Crippen LogP contribution in [0.4, 0.5) is 0 Å². The van der Waals surface area contributed by atoms with Crippen LogP contribution in [-0.2, 0) is 21.4 Å². The zero-order valence-corrected chi connectivity index (χ0v) is 26.4. The molecule has 5 rings (SSSR count). The minimum absolute atomic E-state index is 0.192. The van der Waals surface area contributed by atoms with Crippen molar-refractivity contribution in [1.29, 1.82) is 0 Å². The van der Waals surface area contributed by atoms with E-state index >= 15 is 0 Å². The van der Waals surface area contributed by atoms with Gasteiger partial charge in [0.25, 0.3) is 0 Å². The molecular weight excluding hydrogens is 526 g/mol. The fourth-order valence-electron chi connectivity index (χ4n) is 8.76. The minimum Gasteiger partial charge on any atom is -0.461 e. The number of rotatable bonds is 11. The number of oxazole rings is 1. The number of nitrogens with zero attached hydrogens (tertiary/aromatic N) is 1. The highest BCUT2D eigenvalue weighted by atomic mass is 16.5. The van der Waals surface area contributed by atoms with Crippen LogP contribution in [-0.4, -0.2) is 39.5 Å². The summed E-state index contributed by atoms with van der Waals surface area (Å²) in [4.78, 5) is 16.9. The number of ether oxygens (including phenoxy) is 1. The van der Waals surface area contributed by atoms with Gasteiger partial charge < -0.3 is 19.4 Å². The van der Waals surface area contributed by atoms with Crippen molar-refractivity contribution < 1.29 is 24.2 Å². The molecule has 7 atom stereocenters. The van der Waals surface area contributed by atoms with Crippen LogP contribution < -0.4 is 0 Å². The van der Waals surface area contributed by atoms with Crippen molar-refractivity contribution in [2.24, 2.45) is 23.2 Å².